The van der Waals surface area contributed by atoms with Crippen LogP contribution >= 0.6 is 11.6 Å². The molecule has 0 amide bonds. The van der Waals surface area contributed by atoms with Gasteiger partial charge < -0.3 is 9.52 Å². The molecule has 0 bridgehead atoms. The Labute approximate surface area is 90.1 Å². The van der Waals surface area contributed by atoms with Crippen LogP contribution in [-0.2, 0) is 0 Å². The third-order valence-electron chi connectivity index (χ3n) is 1.93. The van der Waals surface area contributed by atoms with Gasteiger partial charge in [0, 0.05) is 5.56 Å². The summed E-state index contributed by atoms with van der Waals surface area (Å²) in [6.45, 7) is 0. The van der Waals surface area contributed by atoms with Crippen LogP contribution in [0.25, 0.3) is 11.3 Å². The first kappa shape index (κ1) is 9.73. The van der Waals surface area contributed by atoms with Crippen LogP contribution in [0.3, 0.4) is 0 Å². The molecule has 0 atom stereocenters. The van der Waals surface area contributed by atoms with Crippen molar-refractivity contribution in [2.75, 3.05) is 0 Å². The lowest BCUT2D eigenvalue weighted by Gasteiger charge is -2.02. The van der Waals surface area contributed by atoms with Crippen LogP contribution in [0.5, 0.6) is 0 Å². The van der Waals surface area contributed by atoms with E-state index in [-0.39, 0.29) is 10.6 Å². The molecule has 2 rings (SSSR count). The van der Waals surface area contributed by atoms with Crippen LogP contribution < -0.4 is 0 Å². The zero-order chi connectivity index (χ0) is 10.8. The van der Waals surface area contributed by atoms with E-state index in [0.29, 0.717) is 11.3 Å². The van der Waals surface area contributed by atoms with E-state index in [0.717, 1.165) is 0 Å². The normalized spacial score (nSPS) is 10.2. The van der Waals surface area contributed by atoms with Gasteiger partial charge in [0.25, 0.3) is 0 Å². The Bertz CT molecular complexity index is 493. The highest BCUT2D eigenvalue weighted by Crippen LogP contribution is 2.30. The van der Waals surface area contributed by atoms with Crippen molar-refractivity contribution in [1.29, 1.82) is 0 Å². The average molecular weight is 224 g/mol. The molecule has 0 radical (unpaired) electrons. The topological polar surface area (TPSA) is 63.3 Å². The van der Waals surface area contributed by atoms with E-state index < -0.39 is 5.97 Å². The first-order valence-electron chi connectivity index (χ1n) is 4.11. The van der Waals surface area contributed by atoms with E-state index in [1.54, 1.807) is 12.1 Å². The van der Waals surface area contributed by atoms with Crippen molar-refractivity contribution in [3.63, 3.8) is 0 Å². The molecule has 76 valence electrons. The molecule has 0 fully saturated rings. The Morgan fingerprint density at radius 2 is 2.27 bits per heavy atom. The van der Waals surface area contributed by atoms with E-state index in [4.69, 9.17) is 21.1 Å². The lowest BCUT2D eigenvalue weighted by molar-refractivity contribution is 0.0697. The molecule has 0 unspecified atom stereocenters. The van der Waals surface area contributed by atoms with Gasteiger partial charge in [-0.25, -0.2) is 9.78 Å². The summed E-state index contributed by atoms with van der Waals surface area (Å²) in [4.78, 5) is 14.6. The number of carboxylic acids is 1. The lowest BCUT2D eigenvalue weighted by Crippen LogP contribution is -1.97. The number of carboxylic acid groups (broad SMARTS) is 1. The lowest BCUT2D eigenvalue weighted by atomic mass is 10.1. The minimum atomic E-state index is -1.07. The minimum Gasteiger partial charge on any atom is -0.478 e. The first-order valence-corrected chi connectivity index (χ1v) is 4.48. The van der Waals surface area contributed by atoms with Crippen molar-refractivity contribution in [3.8, 4) is 11.3 Å². The minimum absolute atomic E-state index is 0.0468. The standard InChI is InChI=1S/C10H6ClNO3/c11-9-6(8-4-12-5-15-8)2-1-3-7(9)10(13)14/h1-5H,(H,13,14). The third-order valence-corrected chi connectivity index (χ3v) is 2.33. The molecule has 1 aromatic heterocycles. The molecule has 0 saturated carbocycles. The van der Waals surface area contributed by atoms with Crippen molar-refractivity contribution >= 4 is 17.6 Å². The van der Waals surface area contributed by atoms with E-state index in [1.165, 1.54) is 18.7 Å². The van der Waals surface area contributed by atoms with Gasteiger partial charge in [-0.2, -0.15) is 0 Å². The summed E-state index contributed by atoms with van der Waals surface area (Å²) in [6.07, 6.45) is 2.74. The highest BCUT2D eigenvalue weighted by atomic mass is 35.5. The van der Waals surface area contributed by atoms with Crippen LogP contribution in [0.1, 0.15) is 10.4 Å². The number of hydrogen-bond acceptors (Lipinski definition) is 3. The molecule has 15 heavy (non-hydrogen) atoms. The Hall–Kier alpha value is -1.81. The fourth-order valence-corrected chi connectivity index (χ4v) is 1.54. The Morgan fingerprint density at radius 1 is 1.47 bits per heavy atom. The van der Waals surface area contributed by atoms with Crippen molar-refractivity contribution in [2.45, 2.75) is 0 Å². The Balaban J connectivity index is 2.59. The zero-order valence-corrected chi connectivity index (χ0v) is 8.23. The van der Waals surface area contributed by atoms with E-state index in [2.05, 4.69) is 4.98 Å². The summed E-state index contributed by atoms with van der Waals surface area (Å²) in [5.74, 6) is -0.621. The maximum atomic E-state index is 10.8. The summed E-state index contributed by atoms with van der Waals surface area (Å²) in [6, 6.07) is 4.72. The van der Waals surface area contributed by atoms with Crippen LogP contribution in [0.15, 0.2) is 35.2 Å². The number of aromatic nitrogens is 1. The molecule has 4 nitrogen and oxygen atoms in total. The number of benzene rings is 1. The summed E-state index contributed by atoms with van der Waals surface area (Å²) >= 11 is 5.93. The summed E-state index contributed by atoms with van der Waals surface area (Å²) in [7, 11) is 0. The molecule has 0 aliphatic heterocycles. The summed E-state index contributed by atoms with van der Waals surface area (Å²) < 4.78 is 5.05. The Morgan fingerprint density at radius 3 is 2.87 bits per heavy atom. The SMILES string of the molecule is O=C(O)c1cccc(-c2cnco2)c1Cl. The predicted molar refractivity (Wildman–Crippen MR) is 53.9 cm³/mol. The number of halogens is 1. The molecular formula is C10H6ClNO3. The van der Waals surface area contributed by atoms with Crippen molar-refractivity contribution < 1.29 is 14.3 Å². The second-order valence-electron chi connectivity index (χ2n) is 2.84. The van der Waals surface area contributed by atoms with E-state index >= 15 is 0 Å². The van der Waals surface area contributed by atoms with E-state index in [1.807, 2.05) is 0 Å². The van der Waals surface area contributed by atoms with Crippen LogP contribution in [-0.4, -0.2) is 16.1 Å². The quantitative estimate of drug-likeness (QED) is 0.850. The maximum absolute atomic E-state index is 10.8. The van der Waals surface area contributed by atoms with Crippen molar-refractivity contribution in [2.24, 2.45) is 0 Å². The predicted octanol–water partition coefficient (Wildman–Crippen LogP) is 2.69. The van der Waals surface area contributed by atoms with Crippen LogP contribution in [0, 0.1) is 0 Å². The highest BCUT2D eigenvalue weighted by Gasteiger charge is 2.14. The largest absolute Gasteiger partial charge is 0.478 e. The maximum Gasteiger partial charge on any atom is 0.337 e. The van der Waals surface area contributed by atoms with Gasteiger partial charge >= 0.3 is 5.97 Å². The van der Waals surface area contributed by atoms with Crippen LogP contribution in [0.4, 0.5) is 0 Å². The number of rotatable bonds is 2. The van der Waals surface area contributed by atoms with Gasteiger partial charge in [-0.1, -0.05) is 17.7 Å². The molecule has 0 aliphatic carbocycles. The zero-order valence-electron chi connectivity index (χ0n) is 7.48. The molecule has 1 N–H and O–H groups in total. The van der Waals surface area contributed by atoms with Crippen molar-refractivity contribution in [3.05, 3.63) is 41.4 Å². The van der Waals surface area contributed by atoms with Gasteiger partial charge in [-0.15, -0.1) is 0 Å². The fraction of sp³-hybridized carbons (Fsp3) is 0. The Kier molecular flexibility index (Phi) is 2.43. The van der Waals surface area contributed by atoms with Gasteiger partial charge in [0.15, 0.2) is 12.2 Å². The molecular weight excluding hydrogens is 218 g/mol. The number of nitrogens with zero attached hydrogens (tertiary/aromatic N) is 1. The molecule has 0 aliphatic rings. The van der Waals surface area contributed by atoms with Gasteiger partial charge in [0.2, 0.25) is 0 Å². The smallest absolute Gasteiger partial charge is 0.337 e. The summed E-state index contributed by atoms with van der Waals surface area (Å²) in [5, 5.41) is 9.01. The van der Waals surface area contributed by atoms with Gasteiger partial charge in [-0.05, 0) is 12.1 Å². The van der Waals surface area contributed by atoms with Crippen LogP contribution in [0.2, 0.25) is 5.02 Å². The number of carbonyl (C=O) groups is 1. The average Bonchev–Trinajstić information content (AvgIpc) is 2.70. The van der Waals surface area contributed by atoms with Gasteiger partial charge in [0.05, 0.1) is 16.8 Å². The molecule has 0 saturated heterocycles. The molecule has 5 heteroatoms. The number of hydrogen-bond donors (Lipinski definition) is 1. The molecule has 1 heterocycles. The number of aromatic carboxylic acids is 1. The van der Waals surface area contributed by atoms with Gasteiger partial charge in [-0.3, -0.25) is 0 Å². The monoisotopic (exact) mass is 223 g/mol. The number of oxazole rings is 1. The highest BCUT2D eigenvalue weighted by molar-refractivity contribution is 6.36. The second-order valence-corrected chi connectivity index (χ2v) is 3.22. The fourth-order valence-electron chi connectivity index (χ4n) is 1.24. The van der Waals surface area contributed by atoms with Gasteiger partial charge in [0.1, 0.15) is 0 Å². The molecule has 2 aromatic rings. The second kappa shape index (κ2) is 3.74. The van der Waals surface area contributed by atoms with E-state index in [9.17, 15) is 4.79 Å². The van der Waals surface area contributed by atoms with Crippen molar-refractivity contribution in [1.82, 2.24) is 4.98 Å². The molecule has 0 spiro atoms. The third kappa shape index (κ3) is 1.71. The molecule has 1 aromatic carbocycles. The summed E-state index contributed by atoms with van der Waals surface area (Å²) in [5.41, 5.74) is 0.569. The first-order chi connectivity index (χ1) is 7.20.